The number of para-hydroxylation sites is 1. The van der Waals surface area contributed by atoms with Crippen LogP contribution in [0.5, 0.6) is 0 Å². The minimum atomic E-state index is -0.569. The summed E-state index contributed by atoms with van der Waals surface area (Å²) in [5, 5.41) is 2.55. The summed E-state index contributed by atoms with van der Waals surface area (Å²) in [6.07, 6.45) is -0.0713. The van der Waals surface area contributed by atoms with Crippen LogP contribution in [0.3, 0.4) is 0 Å². The average molecular weight is 194 g/mol. The maximum absolute atomic E-state index is 10.7. The molecular formula is C10H14N2O2. The van der Waals surface area contributed by atoms with Gasteiger partial charge >= 0.3 is 6.03 Å². The normalized spacial score (nSPS) is 12.1. The number of hydrogen-bond donors (Lipinski definition) is 2. The van der Waals surface area contributed by atoms with Gasteiger partial charge in [-0.2, -0.15) is 0 Å². The third kappa shape index (κ3) is 2.47. The Kier molecular flexibility index (Phi) is 3.48. The number of nitrogens with two attached hydrogens (primary N) is 1. The van der Waals surface area contributed by atoms with Crippen molar-refractivity contribution in [3.63, 3.8) is 0 Å². The van der Waals surface area contributed by atoms with Crippen molar-refractivity contribution in [2.75, 3.05) is 12.4 Å². The zero-order chi connectivity index (χ0) is 10.6. The second kappa shape index (κ2) is 4.62. The van der Waals surface area contributed by atoms with Gasteiger partial charge in [-0.3, -0.25) is 0 Å². The Balaban J connectivity index is 2.96. The number of carbonyl (C=O) groups excluding carboxylic acids is 1. The SMILES string of the molecule is COC(C)c1ccccc1NC(N)=O. The van der Waals surface area contributed by atoms with E-state index in [9.17, 15) is 4.79 Å². The van der Waals surface area contributed by atoms with Gasteiger partial charge in [-0.1, -0.05) is 18.2 Å². The van der Waals surface area contributed by atoms with Crippen LogP contribution in [0.15, 0.2) is 24.3 Å². The summed E-state index contributed by atoms with van der Waals surface area (Å²) < 4.78 is 5.17. The maximum atomic E-state index is 10.7. The maximum Gasteiger partial charge on any atom is 0.316 e. The fraction of sp³-hybridized carbons (Fsp3) is 0.300. The lowest BCUT2D eigenvalue weighted by molar-refractivity contribution is 0.120. The number of benzene rings is 1. The predicted octanol–water partition coefficient (Wildman–Crippen LogP) is 1.88. The zero-order valence-corrected chi connectivity index (χ0v) is 8.28. The van der Waals surface area contributed by atoms with E-state index in [-0.39, 0.29) is 6.10 Å². The largest absolute Gasteiger partial charge is 0.377 e. The molecule has 0 aliphatic carbocycles. The van der Waals surface area contributed by atoms with Gasteiger partial charge in [0.2, 0.25) is 0 Å². The number of methoxy groups -OCH3 is 1. The molecule has 1 rings (SSSR count). The Morgan fingerprint density at radius 3 is 2.71 bits per heavy atom. The van der Waals surface area contributed by atoms with E-state index in [1.165, 1.54) is 0 Å². The number of anilines is 1. The number of hydrogen-bond acceptors (Lipinski definition) is 2. The van der Waals surface area contributed by atoms with Crippen LogP contribution in [0, 0.1) is 0 Å². The first-order valence-corrected chi connectivity index (χ1v) is 4.33. The van der Waals surface area contributed by atoms with E-state index in [2.05, 4.69) is 5.32 Å². The predicted molar refractivity (Wildman–Crippen MR) is 55.1 cm³/mol. The van der Waals surface area contributed by atoms with Crippen LogP contribution in [0.4, 0.5) is 10.5 Å². The van der Waals surface area contributed by atoms with Crippen LogP contribution >= 0.6 is 0 Å². The molecule has 4 heteroatoms. The first-order chi connectivity index (χ1) is 6.65. The molecule has 1 atom stereocenters. The molecule has 0 bridgehead atoms. The molecule has 0 radical (unpaired) electrons. The molecule has 0 saturated heterocycles. The van der Waals surface area contributed by atoms with E-state index in [1.807, 2.05) is 25.1 Å². The smallest absolute Gasteiger partial charge is 0.316 e. The molecule has 0 aliphatic heterocycles. The van der Waals surface area contributed by atoms with E-state index in [0.29, 0.717) is 5.69 Å². The molecule has 4 nitrogen and oxygen atoms in total. The summed E-state index contributed by atoms with van der Waals surface area (Å²) in [7, 11) is 1.62. The number of nitrogens with one attached hydrogen (secondary N) is 1. The van der Waals surface area contributed by atoms with Crippen molar-refractivity contribution in [1.82, 2.24) is 0 Å². The zero-order valence-electron chi connectivity index (χ0n) is 8.28. The van der Waals surface area contributed by atoms with Gasteiger partial charge < -0.3 is 15.8 Å². The van der Waals surface area contributed by atoms with Crippen molar-refractivity contribution in [2.24, 2.45) is 5.73 Å². The highest BCUT2D eigenvalue weighted by Crippen LogP contribution is 2.24. The second-order valence-corrected chi connectivity index (χ2v) is 2.95. The lowest BCUT2D eigenvalue weighted by Crippen LogP contribution is -2.20. The van der Waals surface area contributed by atoms with Crippen LogP contribution in [0.2, 0.25) is 0 Å². The number of ether oxygens (including phenoxy) is 1. The van der Waals surface area contributed by atoms with Gasteiger partial charge in [-0.15, -0.1) is 0 Å². The third-order valence-electron chi connectivity index (χ3n) is 2.01. The number of amides is 2. The molecular weight excluding hydrogens is 180 g/mol. The Morgan fingerprint density at radius 2 is 2.14 bits per heavy atom. The average Bonchev–Trinajstić information content (AvgIpc) is 2.16. The van der Waals surface area contributed by atoms with Gasteiger partial charge in [0.15, 0.2) is 0 Å². The second-order valence-electron chi connectivity index (χ2n) is 2.95. The lowest BCUT2D eigenvalue weighted by Gasteiger charge is -2.14. The van der Waals surface area contributed by atoms with Crippen molar-refractivity contribution in [3.8, 4) is 0 Å². The van der Waals surface area contributed by atoms with Gasteiger partial charge in [0, 0.05) is 18.4 Å². The summed E-state index contributed by atoms with van der Waals surface area (Å²) in [6, 6.07) is 6.82. The Morgan fingerprint density at radius 1 is 1.50 bits per heavy atom. The number of rotatable bonds is 3. The molecule has 1 aromatic rings. The van der Waals surface area contributed by atoms with Gasteiger partial charge in [0.25, 0.3) is 0 Å². The molecule has 76 valence electrons. The molecule has 0 fully saturated rings. The molecule has 3 N–H and O–H groups in total. The van der Waals surface area contributed by atoms with Crippen molar-refractivity contribution in [1.29, 1.82) is 0 Å². The highest BCUT2D eigenvalue weighted by atomic mass is 16.5. The van der Waals surface area contributed by atoms with Crippen LogP contribution in [-0.2, 0) is 4.74 Å². The number of carbonyl (C=O) groups is 1. The summed E-state index contributed by atoms with van der Waals surface area (Å²) in [6.45, 7) is 1.90. The summed E-state index contributed by atoms with van der Waals surface area (Å²) in [4.78, 5) is 10.7. The minimum Gasteiger partial charge on any atom is -0.377 e. The van der Waals surface area contributed by atoms with Gasteiger partial charge in [0.05, 0.1) is 6.10 Å². The third-order valence-corrected chi connectivity index (χ3v) is 2.01. The van der Waals surface area contributed by atoms with Crippen molar-refractivity contribution in [2.45, 2.75) is 13.0 Å². The summed E-state index contributed by atoms with van der Waals surface area (Å²) >= 11 is 0. The number of primary amides is 1. The Labute approximate surface area is 83.1 Å². The molecule has 1 unspecified atom stereocenters. The molecule has 14 heavy (non-hydrogen) atoms. The van der Waals surface area contributed by atoms with E-state index >= 15 is 0 Å². The van der Waals surface area contributed by atoms with Crippen molar-refractivity contribution >= 4 is 11.7 Å². The fourth-order valence-electron chi connectivity index (χ4n) is 1.23. The van der Waals surface area contributed by atoms with E-state index < -0.39 is 6.03 Å². The van der Waals surface area contributed by atoms with Gasteiger partial charge in [-0.25, -0.2) is 4.79 Å². The molecule has 1 aromatic carbocycles. The van der Waals surface area contributed by atoms with Crippen LogP contribution < -0.4 is 11.1 Å². The molecule has 0 saturated carbocycles. The van der Waals surface area contributed by atoms with Crippen LogP contribution in [0.25, 0.3) is 0 Å². The highest BCUT2D eigenvalue weighted by molar-refractivity contribution is 5.88. The topological polar surface area (TPSA) is 64.3 Å². The van der Waals surface area contributed by atoms with Crippen molar-refractivity contribution < 1.29 is 9.53 Å². The Bertz CT molecular complexity index is 326. The van der Waals surface area contributed by atoms with Crippen LogP contribution in [-0.4, -0.2) is 13.1 Å². The monoisotopic (exact) mass is 194 g/mol. The van der Waals surface area contributed by atoms with Crippen LogP contribution in [0.1, 0.15) is 18.6 Å². The summed E-state index contributed by atoms with van der Waals surface area (Å²) in [5.41, 5.74) is 6.64. The first-order valence-electron chi connectivity index (χ1n) is 4.33. The van der Waals surface area contributed by atoms with E-state index in [4.69, 9.17) is 10.5 Å². The molecule has 2 amide bonds. The van der Waals surface area contributed by atoms with Gasteiger partial charge in [-0.05, 0) is 13.0 Å². The fourth-order valence-corrected chi connectivity index (χ4v) is 1.23. The van der Waals surface area contributed by atoms with Gasteiger partial charge in [0.1, 0.15) is 0 Å². The standard InChI is InChI=1S/C10H14N2O2/c1-7(14-2)8-5-3-4-6-9(8)12-10(11)13/h3-7H,1-2H3,(H3,11,12,13). The molecule has 0 aliphatic rings. The molecule has 0 heterocycles. The molecule has 0 aromatic heterocycles. The number of urea groups is 1. The quantitative estimate of drug-likeness (QED) is 0.771. The van der Waals surface area contributed by atoms with Crippen molar-refractivity contribution in [3.05, 3.63) is 29.8 Å². The highest BCUT2D eigenvalue weighted by Gasteiger charge is 2.09. The van der Waals surface area contributed by atoms with E-state index in [1.54, 1.807) is 13.2 Å². The summed E-state index contributed by atoms with van der Waals surface area (Å²) in [5.74, 6) is 0. The first kappa shape index (κ1) is 10.5. The van der Waals surface area contributed by atoms with E-state index in [0.717, 1.165) is 5.56 Å². The Hall–Kier alpha value is -1.55. The lowest BCUT2D eigenvalue weighted by atomic mass is 10.1. The minimum absolute atomic E-state index is 0.0713. The molecule has 0 spiro atoms.